The lowest BCUT2D eigenvalue weighted by Crippen LogP contribution is -2.38. The van der Waals surface area contributed by atoms with Crippen LogP contribution in [-0.2, 0) is 4.79 Å². The second-order valence-electron chi connectivity index (χ2n) is 4.17. The van der Waals surface area contributed by atoms with Gasteiger partial charge in [-0.3, -0.25) is 4.79 Å². The number of nitrogens with zero attached hydrogens (tertiary/aromatic N) is 1. The van der Waals surface area contributed by atoms with Gasteiger partial charge in [0.15, 0.2) is 0 Å². The van der Waals surface area contributed by atoms with Crippen LogP contribution in [0, 0.1) is 0 Å². The van der Waals surface area contributed by atoms with Crippen LogP contribution in [0.25, 0.3) is 0 Å². The third kappa shape index (κ3) is 7.65. The molecule has 96 valence electrons. The first kappa shape index (κ1) is 15.4. The van der Waals surface area contributed by atoms with Gasteiger partial charge in [0.25, 0.3) is 0 Å². The van der Waals surface area contributed by atoms with E-state index in [1.807, 2.05) is 6.92 Å². The highest BCUT2D eigenvalue weighted by Crippen LogP contribution is 1.92. The van der Waals surface area contributed by atoms with E-state index in [1.54, 1.807) is 7.05 Å². The number of rotatable bonds is 9. The zero-order valence-electron chi connectivity index (χ0n) is 11.2. The Balaban J connectivity index is 3.59. The number of likely N-dealkylation sites (N-methyl/N-ethyl adjacent to an activating group) is 1. The first-order valence-corrected chi connectivity index (χ1v) is 6.30. The first-order chi connectivity index (χ1) is 7.63. The van der Waals surface area contributed by atoms with Crippen molar-refractivity contribution in [2.45, 2.75) is 39.7 Å². The number of carbonyl (C=O) groups is 1. The summed E-state index contributed by atoms with van der Waals surface area (Å²) in [4.78, 5) is 13.5. The molecular weight excluding hydrogens is 202 g/mol. The van der Waals surface area contributed by atoms with Crippen molar-refractivity contribution in [3.63, 3.8) is 0 Å². The van der Waals surface area contributed by atoms with E-state index in [0.29, 0.717) is 6.42 Å². The zero-order valence-corrected chi connectivity index (χ0v) is 11.2. The predicted octanol–water partition coefficient (Wildman–Crippen LogP) is 0.833. The molecule has 0 bridgehead atoms. The van der Waals surface area contributed by atoms with Gasteiger partial charge in [0, 0.05) is 32.6 Å². The quantitative estimate of drug-likeness (QED) is 0.615. The maximum Gasteiger partial charge on any atom is 0.221 e. The van der Waals surface area contributed by atoms with Gasteiger partial charge in [0.2, 0.25) is 5.91 Å². The zero-order chi connectivity index (χ0) is 12.4. The second-order valence-corrected chi connectivity index (χ2v) is 4.17. The van der Waals surface area contributed by atoms with Gasteiger partial charge in [-0.25, -0.2) is 0 Å². The third-order valence-electron chi connectivity index (χ3n) is 2.68. The molecule has 0 aliphatic rings. The summed E-state index contributed by atoms with van der Waals surface area (Å²) < 4.78 is 0. The van der Waals surface area contributed by atoms with Crippen molar-refractivity contribution in [2.24, 2.45) is 0 Å². The molecule has 1 atom stereocenters. The maximum absolute atomic E-state index is 11.1. The Morgan fingerprint density at radius 2 is 2.00 bits per heavy atom. The molecule has 0 saturated heterocycles. The monoisotopic (exact) mass is 229 g/mol. The molecule has 0 heterocycles. The van der Waals surface area contributed by atoms with Gasteiger partial charge in [-0.15, -0.1) is 0 Å². The van der Waals surface area contributed by atoms with Gasteiger partial charge < -0.3 is 15.5 Å². The summed E-state index contributed by atoms with van der Waals surface area (Å²) >= 11 is 0. The van der Waals surface area contributed by atoms with Crippen LogP contribution in [0.2, 0.25) is 0 Å². The van der Waals surface area contributed by atoms with E-state index in [9.17, 15) is 4.79 Å². The summed E-state index contributed by atoms with van der Waals surface area (Å²) in [5, 5.41) is 6.01. The Labute approximate surface area is 99.8 Å². The molecule has 0 radical (unpaired) electrons. The molecule has 0 aromatic carbocycles. The lowest BCUT2D eigenvalue weighted by atomic mass is 10.2. The maximum atomic E-state index is 11.1. The lowest BCUT2D eigenvalue weighted by Gasteiger charge is -2.21. The van der Waals surface area contributed by atoms with Crippen LogP contribution in [0.5, 0.6) is 0 Å². The first-order valence-electron chi connectivity index (χ1n) is 6.30. The molecular formula is C12H27N3O. The average molecular weight is 229 g/mol. The Bertz CT molecular complexity index is 185. The summed E-state index contributed by atoms with van der Waals surface area (Å²) in [6, 6.07) is 0.250. The van der Waals surface area contributed by atoms with Crippen molar-refractivity contribution < 1.29 is 4.79 Å². The topological polar surface area (TPSA) is 44.4 Å². The third-order valence-corrected chi connectivity index (χ3v) is 2.68. The molecule has 0 aliphatic heterocycles. The molecule has 2 N–H and O–H groups in total. The molecule has 1 amide bonds. The van der Waals surface area contributed by atoms with Crippen LogP contribution in [0.1, 0.15) is 33.6 Å². The molecule has 0 aromatic rings. The number of carbonyl (C=O) groups excluding carboxylic acids is 1. The second kappa shape index (κ2) is 9.60. The average Bonchev–Trinajstić information content (AvgIpc) is 2.27. The fourth-order valence-electron chi connectivity index (χ4n) is 1.67. The number of hydrogen-bond donors (Lipinski definition) is 2. The predicted molar refractivity (Wildman–Crippen MR) is 68.6 cm³/mol. The molecule has 0 rings (SSSR count). The highest BCUT2D eigenvalue weighted by Gasteiger charge is 2.07. The van der Waals surface area contributed by atoms with E-state index >= 15 is 0 Å². The largest absolute Gasteiger partial charge is 0.359 e. The van der Waals surface area contributed by atoms with Crippen LogP contribution in [-0.4, -0.2) is 50.1 Å². The standard InChI is InChI=1S/C12H27N3O/c1-5-8-15(6-2)9-7-14-11(3)10-12(16)13-4/h11,14H,5-10H2,1-4H3,(H,13,16). The van der Waals surface area contributed by atoms with Crippen molar-refractivity contribution in [3.8, 4) is 0 Å². The minimum absolute atomic E-state index is 0.0981. The van der Waals surface area contributed by atoms with E-state index in [0.717, 1.165) is 26.2 Å². The minimum atomic E-state index is 0.0981. The molecule has 1 unspecified atom stereocenters. The van der Waals surface area contributed by atoms with Gasteiger partial charge in [0.1, 0.15) is 0 Å². The minimum Gasteiger partial charge on any atom is -0.359 e. The lowest BCUT2D eigenvalue weighted by molar-refractivity contribution is -0.121. The van der Waals surface area contributed by atoms with E-state index < -0.39 is 0 Å². The van der Waals surface area contributed by atoms with E-state index in [-0.39, 0.29) is 11.9 Å². The van der Waals surface area contributed by atoms with Gasteiger partial charge in [-0.05, 0) is 26.4 Å². The molecule has 0 aliphatic carbocycles. The van der Waals surface area contributed by atoms with Crippen molar-refractivity contribution in [1.29, 1.82) is 0 Å². The Morgan fingerprint density at radius 1 is 1.31 bits per heavy atom. The van der Waals surface area contributed by atoms with Crippen LogP contribution in [0.3, 0.4) is 0 Å². The SMILES string of the molecule is CCCN(CC)CCNC(C)CC(=O)NC. The summed E-state index contributed by atoms with van der Waals surface area (Å²) in [6.45, 7) is 10.7. The van der Waals surface area contributed by atoms with E-state index in [4.69, 9.17) is 0 Å². The van der Waals surface area contributed by atoms with Gasteiger partial charge in [0.05, 0.1) is 0 Å². The van der Waals surface area contributed by atoms with Gasteiger partial charge in [-0.2, -0.15) is 0 Å². The van der Waals surface area contributed by atoms with Crippen molar-refractivity contribution in [2.75, 3.05) is 33.2 Å². The fraction of sp³-hybridized carbons (Fsp3) is 0.917. The number of hydrogen-bond acceptors (Lipinski definition) is 3. The highest BCUT2D eigenvalue weighted by molar-refractivity contribution is 5.76. The smallest absolute Gasteiger partial charge is 0.221 e. The summed E-state index contributed by atoms with van der Waals surface area (Å²) in [5.74, 6) is 0.0981. The van der Waals surface area contributed by atoms with E-state index in [1.165, 1.54) is 6.42 Å². The van der Waals surface area contributed by atoms with Crippen LogP contribution in [0.15, 0.2) is 0 Å². The summed E-state index contributed by atoms with van der Waals surface area (Å²) in [5.41, 5.74) is 0. The van der Waals surface area contributed by atoms with Crippen molar-refractivity contribution in [3.05, 3.63) is 0 Å². The van der Waals surface area contributed by atoms with Gasteiger partial charge in [-0.1, -0.05) is 13.8 Å². The Morgan fingerprint density at radius 3 is 2.50 bits per heavy atom. The van der Waals surface area contributed by atoms with Crippen molar-refractivity contribution in [1.82, 2.24) is 15.5 Å². The Kier molecular flexibility index (Phi) is 9.24. The van der Waals surface area contributed by atoms with Crippen LogP contribution < -0.4 is 10.6 Å². The summed E-state index contributed by atoms with van der Waals surface area (Å²) in [7, 11) is 1.68. The van der Waals surface area contributed by atoms with Gasteiger partial charge >= 0.3 is 0 Å². The molecule has 4 nitrogen and oxygen atoms in total. The van der Waals surface area contributed by atoms with Crippen LogP contribution >= 0.6 is 0 Å². The fourth-order valence-corrected chi connectivity index (χ4v) is 1.67. The van der Waals surface area contributed by atoms with E-state index in [2.05, 4.69) is 29.4 Å². The van der Waals surface area contributed by atoms with Crippen molar-refractivity contribution >= 4 is 5.91 Å². The normalized spacial score (nSPS) is 12.8. The molecule has 0 saturated carbocycles. The summed E-state index contributed by atoms with van der Waals surface area (Å²) in [6.07, 6.45) is 1.75. The molecule has 0 fully saturated rings. The molecule has 16 heavy (non-hydrogen) atoms. The van der Waals surface area contributed by atoms with Crippen LogP contribution in [0.4, 0.5) is 0 Å². The number of nitrogens with one attached hydrogen (secondary N) is 2. The molecule has 4 heteroatoms. The molecule has 0 spiro atoms. The number of amides is 1. The molecule has 0 aromatic heterocycles. The highest BCUT2D eigenvalue weighted by atomic mass is 16.1. The Hall–Kier alpha value is -0.610.